The number of nitrogens with zero attached hydrogens (tertiary/aromatic N) is 3. The number of hydrogen-bond acceptors (Lipinski definition) is 10. The van der Waals surface area contributed by atoms with Gasteiger partial charge in [0.2, 0.25) is 27.7 Å². The first kappa shape index (κ1) is 40.7. The summed E-state index contributed by atoms with van der Waals surface area (Å²) in [4.78, 5) is 77.2. The maximum absolute atomic E-state index is 14.8. The highest BCUT2D eigenvalue weighted by molar-refractivity contribution is 7.91. The summed E-state index contributed by atoms with van der Waals surface area (Å²) in [6, 6.07) is 6.27. The number of urea groups is 1. The SMILES string of the molecule is CC(C)(C)NC(=O)N1CCC/C=C\[C@@H]2C[C@@]2(C(=O)NS(=O)(=O)C2CC2)NC(=O)[C@@H]2C[C@@H](Oc3nccc4ccccc34)CN2C(=O)[C@@H](NC(=O)OC(C)(C)C)C1. The number of aromatic nitrogens is 1. The zero-order valence-electron chi connectivity index (χ0n) is 32.8. The van der Waals surface area contributed by atoms with E-state index in [0.717, 1.165) is 10.8 Å². The maximum atomic E-state index is 14.8. The second-order valence-corrected chi connectivity index (χ2v) is 19.1. The lowest BCUT2D eigenvalue weighted by molar-refractivity contribution is -0.141. The fraction of sp³-hybridized carbons (Fsp3) is 0.590. The van der Waals surface area contributed by atoms with Crippen molar-refractivity contribution in [3.8, 4) is 5.88 Å². The number of nitrogens with one attached hydrogen (secondary N) is 4. The van der Waals surface area contributed by atoms with Gasteiger partial charge >= 0.3 is 12.1 Å². The number of allylic oxidation sites excluding steroid dienone is 1. The van der Waals surface area contributed by atoms with Gasteiger partial charge in [0, 0.05) is 36.0 Å². The van der Waals surface area contributed by atoms with Crippen molar-refractivity contribution in [2.24, 2.45) is 5.92 Å². The van der Waals surface area contributed by atoms with Crippen LogP contribution in [0.1, 0.15) is 80.1 Å². The lowest BCUT2D eigenvalue weighted by atomic mass is 10.1. The van der Waals surface area contributed by atoms with E-state index in [1.54, 1.807) is 33.0 Å². The Balaban J connectivity index is 1.37. The highest BCUT2D eigenvalue weighted by Crippen LogP contribution is 2.46. The smallest absolute Gasteiger partial charge is 0.408 e. The van der Waals surface area contributed by atoms with Crippen molar-refractivity contribution in [3.05, 3.63) is 48.7 Å². The van der Waals surface area contributed by atoms with Crippen LogP contribution in [0.2, 0.25) is 0 Å². The van der Waals surface area contributed by atoms with Crippen molar-refractivity contribution in [1.29, 1.82) is 0 Å². The van der Waals surface area contributed by atoms with Crippen LogP contribution in [0.5, 0.6) is 5.88 Å². The molecule has 6 amide bonds. The monoisotopic (exact) mass is 795 g/mol. The van der Waals surface area contributed by atoms with Crippen LogP contribution in [0, 0.1) is 5.92 Å². The van der Waals surface area contributed by atoms with Crippen molar-refractivity contribution < 1.29 is 41.9 Å². The third-order valence-corrected chi connectivity index (χ3v) is 11.9. The van der Waals surface area contributed by atoms with Crippen LogP contribution in [-0.4, -0.2) is 113 Å². The Labute approximate surface area is 327 Å². The fourth-order valence-electron chi connectivity index (χ4n) is 7.08. The Kier molecular flexibility index (Phi) is 11.3. The minimum atomic E-state index is -3.94. The molecule has 17 heteroatoms. The summed E-state index contributed by atoms with van der Waals surface area (Å²) < 4.78 is 39.9. The van der Waals surface area contributed by atoms with Crippen LogP contribution >= 0.6 is 0 Å². The van der Waals surface area contributed by atoms with Crippen LogP contribution in [0.15, 0.2) is 48.7 Å². The van der Waals surface area contributed by atoms with E-state index in [0.29, 0.717) is 31.6 Å². The Bertz CT molecular complexity index is 2000. The Morgan fingerprint density at radius 2 is 1.75 bits per heavy atom. The second-order valence-electron chi connectivity index (χ2n) is 17.2. The molecule has 3 fully saturated rings. The van der Waals surface area contributed by atoms with E-state index < -0.39 is 85.9 Å². The highest BCUT2D eigenvalue weighted by atomic mass is 32.2. The van der Waals surface area contributed by atoms with Crippen LogP contribution < -0.4 is 25.4 Å². The average molecular weight is 796 g/mol. The van der Waals surface area contributed by atoms with Crippen molar-refractivity contribution in [2.75, 3.05) is 19.6 Å². The molecule has 1 aromatic heterocycles. The molecule has 56 heavy (non-hydrogen) atoms. The van der Waals surface area contributed by atoms with Crippen LogP contribution in [0.3, 0.4) is 0 Å². The molecule has 3 heterocycles. The topological polar surface area (TPSA) is 205 Å². The molecule has 4 N–H and O–H groups in total. The van der Waals surface area contributed by atoms with Gasteiger partial charge in [0.05, 0.1) is 18.3 Å². The number of hydrogen-bond donors (Lipinski definition) is 4. The van der Waals surface area contributed by atoms with Gasteiger partial charge in [-0.3, -0.25) is 19.1 Å². The van der Waals surface area contributed by atoms with Gasteiger partial charge in [0.1, 0.15) is 29.3 Å². The highest BCUT2D eigenvalue weighted by Gasteiger charge is 2.62. The van der Waals surface area contributed by atoms with Crippen LogP contribution in [0.4, 0.5) is 9.59 Å². The number of carbonyl (C=O) groups excluding carboxylic acids is 5. The number of fused-ring (bicyclic) bond motifs is 3. The summed E-state index contributed by atoms with van der Waals surface area (Å²) in [6.07, 6.45) is 5.50. The summed E-state index contributed by atoms with van der Waals surface area (Å²) in [6.45, 7) is 10.4. The third kappa shape index (κ3) is 9.71. The van der Waals surface area contributed by atoms with E-state index >= 15 is 0 Å². The summed E-state index contributed by atoms with van der Waals surface area (Å²) in [5, 5.41) is 9.38. The number of benzene rings is 1. The predicted molar refractivity (Wildman–Crippen MR) is 207 cm³/mol. The minimum Gasteiger partial charge on any atom is -0.472 e. The molecule has 6 rings (SSSR count). The average Bonchev–Trinajstić information content (AvgIpc) is 4.02. The van der Waals surface area contributed by atoms with E-state index in [1.807, 2.05) is 57.2 Å². The van der Waals surface area contributed by atoms with Crippen molar-refractivity contribution in [3.63, 3.8) is 0 Å². The number of carbonyl (C=O) groups is 5. The number of alkyl carbamates (subject to hydrolysis) is 1. The molecule has 2 aliphatic carbocycles. The van der Waals surface area contributed by atoms with Crippen LogP contribution in [0.25, 0.3) is 10.8 Å². The first-order valence-corrected chi connectivity index (χ1v) is 20.7. The van der Waals surface area contributed by atoms with Gasteiger partial charge in [-0.25, -0.2) is 23.0 Å². The fourth-order valence-corrected chi connectivity index (χ4v) is 8.44. The second kappa shape index (κ2) is 15.5. The summed E-state index contributed by atoms with van der Waals surface area (Å²) in [5.41, 5.74) is -3.10. The first-order chi connectivity index (χ1) is 26.2. The molecule has 1 aromatic carbocycles. The maximum Gasteiger partial charge on any atom is 0.408 e. The molecule has 4 aliphatic rings. The summed E-state index contributed by atoms with van der Waals surface area (Å²) >= 11 is 0. The number of sulfonamides is 1. The van der Waals surface area contributed by atoms with Gasteiger partial charge in [-0.1, -0.05) is 30.4 Å². The molecule has 0 bridgehead atoms. The Morgan fingerprint density at radius 1 is 1.02 bits per heavy atom. The molecule has 0 spiro atoms. The molecule has 16 nitrogen and oxygen atoms in total. The molecule has 0 unspecified atom stereocenters. The van der Waals surface area contributed by atoms with E-state index in [1.165, 1.54) is 9.80 Å². The Hall–Kier alpha value is -4.93. The molecular weight excluding hydrogens is 743 g/mol. The van der Waals surface area contributed by atoms with Crippen molar-refractivity contribution in [2.45, 2.75) is 120 Å². The lowest BCUT2D eigenvalue weighted by Crippen LogP contribution is -2.61. The largest absolute Gasteiger partial charge is 0.472 e. The minimum absolute atomic E-state index is 0.0194. The zero-order valence-corrected chi connectivity index (χ0v) is 33.6. The Morgan fingerprint density at radius 3 is 2.45 bits per heavy atom. The van der Waals surface area contributed by atoms with Gasteiger partial charge < -0.3 is 35.2 Å². The quantitative estimate of drug-likeness (QED) is 0.315. The van der Waals surface area contributed by atoms with Gasteiger partial charge in [0.15, 0.2) is 0 Å². The molecule has 1 saturated heterocycles. The molecule has 2 saturated carbocycles. The van der Waals surface area contributed by atoms with E-state index in [2.05, 4.69) is 25.7 Å². The number of rotatable bonds is 6. The van der Waals surface area contributed by atoms with Gasteiger partial charge in [-0.05, 0) is 91.2 Å². The van der Waals surface area contributed by atoms with E-state index in [-0.39, 0.29) is 32.5 Å². The van der Waals surface area contributed by atoms with Crippen LogP contribution in [-0.2, 0) is 29.1 Å². The number of ether oxygens (including phenoxy) is 2. The van der Waals surface area contributed by atoms with Gasteiger partial charge in [0.25, 0.3) is 5.91 Å². The molecular formula is C39H53N7O9S. The van der Waals surface area contributed by atoms with Gasteiger partial charge in [-0.2, -0.15) is 0 Å². The summed E-state index contributed by atoms with van der Waals surface area (Å²) in [7, 11) is -3.94. The van der Waals surface area contributed by atoms with Gasteiger partial charge in [-0.15, -0.1) is 0 Å². The number of pyridine rings is 1. The lowest BCUT2D eigenvalue weighted by Gasteiger charge is -2.34. The van der Waals surface area contributed by atoms with Crippen molar-refractivity contribution >= 4 is 50.6 Å². The van der Waals surface area contributed by atoms with Crippen molar-refractivity contribution in [1.82, 2.24) is 35.5 Å². The standard InChI is InChI=1S/C39H53N7O9S/c1-37(2,3)43-35(50)45-19-11-7-8-13-25-21-39(25,34(49)44-56(52,53)27-15-16-27)42-31(47)30-20-26(54-32-28-14-10-9-12-24(28)17-18-40-32)22-46(30)33(48)29(23-45)41-36(51)55-38(4,5)6/h8-10,12-14,17-18,25-27,29-30H,7,11,15-16,19-23H2,1-6H3,(H,41,51)(H,42,47)(H,43,50)(H,44,49)/b13-8-/t25-,26-,29+,30+,39-/m1/s1. The van der Waals surface area contributed by atoms with E-state index in [9.17, 15) is 32.4 Å². The molecule has 304 valence electrons. The third-order valence-electron chi connectivity index (χ3n) is 10.1. The normalized spacial score (nSPS) is 26.8. The number of amides is 6. The molecule has 2 aliphatic heterocycles. The molecule has 5 atom stereocenters. The summed E-state index contributed by atoms with van der Waals surface area (Å²) in [5.74, 6) is -2.44. The molecule has 2 aromatic rings. The zero-order chi connectivity index (χ0) is 40.6. The first-order valence-electron chi connectivity index (χ1n) is 19.2. The molecule has 0 radical (unpaired) electrons. The predicted octanol–water partition coefficient (Wildman–Crippen LogP) is 3.12. The van der Waals surface area contributed by atoms with E-state index in [4.69, 9.17) is 9.47 Å².